The Hall–Kier alpha value is -0.870. The van der Waals surface area contributed by atoms with Gasteiger partial charge in [0.1, 0.15) is 16.1 Å². The summed E-state index contributed by atoms with van der Waals surface area (Å²) in [6.45, 7) is 0. The van der Waals surface area contributed by atoms with Gasteiger partial charge in [0, 0.05) is 0 Å². The zero-order chi connectivity index (χ0) is 14.4. The second-order valence-corrected chi connectivity index (χ2v) is 5.79. The molecule has 0 bridgehead atoms. The zero-order valence-corrected chi connectivity index (χ0v) is 11.8. The van der Waals surface area contributed by atoms with Crippen molar-refractivity contribution in [2.75, 3.05) is 0 Å². The van der Waals surface area contributed by atoms with E-state index >= 15 is 0 Å². The highest BCUT2D eigenvalue weighted by Gasteiger charge is 2.34. The maximum atomic E-state index is 12.6. The predicted octanol–water partition coefficient (Wildman–Crippen LogP) is 5.59. The molecule has 0 amide bonds. The van der Waals surface area contributed by atoms with Gasteiger partial charge in [0.05, 0.1) is 26.2 Å². The Morgan fingerprint density at radius 2 is 1.84 bits per heavy atom. The number of alkyl halides is 3. The van der Waals surface area contributed by atoms with Crippen LogP contribution in [0, 0.1) is 11.3 Å². The van der Waals surface area contributed by atoms with E-state index in [0.717, 1.165) is 11.3 Å². The quantitative estimate of drug-likeness (QED) is 0.718. The van der Waals surface area contributed by atoms with Crippen LogP contribution in [0.15, 0.2) is 6.07 Å². The molecule has 1 N–H and O–H groups in total. The molecule has 0 saturated carbocycles. The van der Waals surface area contributed by atoms with E-state index in [1.54, 1.807) is 6.07 Å². The maximum absolute atomic E-state index is 12.6. The van der Waals surface area contributed by atoms with Gasteiger partial charge in [-0.3, -0.25) is 0 Å². The van der Waals surface area contributed by atoms with Crippen LogP contribution in [-0.2, 0) is 6.18 Å². The molecular weight excluding hydrogens is 344 g/mol. The summed E-state index contributed by atoms with van der Waals surface area (Å²) in [6, 6.07) is 2.39. The molecule has 0 aliphatic heterocycles. The standard InChI is InChI=1S/C10H2Cl3F3N2S/c11-5-6(12)9(13)19-8(5)7-3(2-17)1-4(18-7)10(14,15)16/h1,18H. The highest BCUT2D eigenvalue weighted by atomic mass is 35.5. The number of hydrogen-bond donors (Lipinski definition) is 1. The Bertz CT molecular complexity index is 681. The first-order valence-corrected chi connectivity index (χ1v) is 6.54. The molecule has 2 aromatic rings. The van der Waals surface area contributed by atoms with E-state index in [1.165, 1.54) is 0 Å². The van der Waals surface area contributed by atoms with Crippen molar-refractivity contribution in [2.45, 2.75) is 6.18 Å². The number of thiophene rings is 1. The molecule has 0 aliphatic carbocycles. The molecule has 0 radical (unpaired) electrons. The van der Waals surface area contributed by atoms with Gasteiger partial charge in [-0.1, -0.05) is 34.8 Å². The van der Waals surface area contributed by atoms with E-state index in [2.05, 4.69) is 4.98 Å². The van der Waals surface area contributed by atoms with Crippen LogP contribution in [0.4, 0.5) is 13.2 Å². The Morgan fingerprint density at radius 1 is 1.21 bits per heavy atom. The molecule has 0 fully saturated rings. The van der Waals surface area contributed by atoms with Crippen LogP contribution in [0.2, 0.25) is 14.4 Å². The molecule has 2 rings (SSSR count). The van der Waals surface area contributed by atoms with Gasteiger partial charge in [-0.15, -0.1) is 11.3 Å². The van der Waals surface area contributed by atoms with Crippen molar-refractivity contribution >= 4 is 46.1 Å². The summed E-state index contributed by atoms with van der Waals surface area (Å²) in [6.07, 6.45) is -4.58. The molecule has 0 spiro atoms. The average Bonchev–Trinajstić information content (AvgIpc) is 2.86. The van der Waals surface area contributed by atoms with Crippen LogP contribution >= 0.6 is 46.1 Å². The number of hydrogen-bond acceptors (Lipinski definition) is 2. The fraction of sp³-hybridized carbons (Fsp3) is 0.100. The number of rotatable bonds is 1. The number of nitrogens with one attached hydrogen (secondary N) is 1. The van der Waals surface area contributed by atoms with Gasteiger partial charge in [-0.05, 0) is 6.07 Å². The van der Waals surface area contributed by atoms with Crippen LogP contribution in [0.3, 0.4) is 0 Å². The highest BCUT2D eigenvalue weighted by molar-refractivity contribution is 7.20. The molecule has 0 aromatic carbocycles. The lowest BCUT2D eigenvalue weighted by Crippen LogP contribution is -2.04. The number of halogens is 6. The molecule has 100 valence electrons. The summed E-state index contributed by atoms with van der Waals surface area (Å²) in [5.41, 5.74) is -1.25. The minimum absolute atomic E-state index is 0.0174. The largest absolute Gasteiger partial charge is 0.431 e. The summed E-state index contributed by atoms with van der Waals surface area (Å²) in [4.78, 5) is 2.33. The van der Waals surface area contributed by atoms with Gasteiger partial charge in [-0.2, -0.15) is 18.4 Å². The summed E-state index contributed by atoms with van der Waals surface area (Å²) >= 11 is 18.3. The third kappa shape index (κ3) is 2.56. The monoisotopic (exact) mass is 344 g/mol. The Morgan fingerprint density at radius 3 is 2.26 bits per heavy atom. The van der Waals surface area contributed by atoms with E-state index in [-0.39, 0.29) is 30.5 Å². The van der Waals surface area contributed by atoms with Crippen molar-refractivity contribution in [2.24, 2.45) is 0 Å². The number of nitriles is 1. The van der Waals surface area contributed by atoms with Crippen LogP contribution < -0.4 is 0 Å². The van der Waals surface area contributed by atoms with Crippen LogP contribution in [0.5, 0.6) is 0 Å². The molecule has 0 aliphatic rings. The molecular formula is C10H2Cl3F3N2S. The second-order valence-electron chi connectivity index (χ2n) is 3.41. The number of H-pyrrole nitrogens is 1. The van der Waals surface area contributed by atoms with Crippen molar-refractivity contribution in [3.05, 3.63) is 31.7 Å². The zero-order valence-electron chi connectivity index (χ0n) is 8.70. The SMILES string of the molecule is N#Cc1cc(C(F)(F)F)[nH]c1-c1sc(Cl)c(Cl)c1Cl. The van der Waals surface area contributed by atoms with Gasteiger partial charge < -0.3 is 4.98 Å². The Balaban J connectivity index is 2.66. The first kappa shape index (κ1) is 14.5. The van der Waals surface area contributed by atoms with E-state index < -0.39 is 11.9 Å². The van der Waals surface area contributed by atoms with Gasteiger partial charge in [0.25, 0.3) is 0 Å². The van der Waals surface area contributed by atoms with Crippen LogP contribution in [0.25, 0.3) is 10.6 Å². The van der Waals surface area contributed by atoms with Crippen molar-refractivity contribution in [1.29, 1.82) is 5.26 Å². The molecule has 0 atom stereocenters. The molecule has 0 saturated heterocycles. The van der Waals surface area contributed by atoms with E-state index in [4.69, 9.17) is 40.1 Å². The topological polar surface area (TPSA) is 39.6 Å². The molecule has 0 unspecified atom stereocenters. The van der Waals surface area contributed by atoms with E-state index in [0.29, 0.717) is 6.07 Å². The number of aromatic amines is 1. The minimum Gasteiger partial charge on any atom is -0.349 e. The lowest BCUT2D eigenvalue weighted by atomic mass is 10.2. The average molecular weight is 346 g/mol. The van der Waals surface area contributed by atoms with Crippen molar-refractivity contribution in [3.63, 3.8) is 0 Å². The third-order valence-corrected chi connectivity index (χ3v) is 4.82. The van der Waals surface area contributed by atoms with E-state index in [1.807, 2.05) is 0 Å². The number of aromatic nitrogens is 1. The third-order valence-electron chi connectivity index (χ3n) is 2.23. The minimum atomic E-state index is -4.58. The maximum Gasteiger partial charge on any atom is 0.431 e. The first-order valence-electron chi connectivity index (χ1n) is 4.59. The van der Waals surface area contributed by atoms with Crippen LogP contribution in [0.1, 0.15) is 11.3 Å². The smallest absolute Gasteiger partial charge is 0.349 e. The summed E-state index contributed by atoms with van der Waals surface area (Å²) in [5.74, 6) is 0. The molecule has 19 heavy (non-hydrogen) atoms. The van der Waals surface area contributed by atoms with Crippen molar-refractivity contribution < 1.29 is 13.2 Å². The summed E-state index contributed by atoms with van der Waals surface area (Å²) in [5, 5.41) is 8.95. The van der Waals surface area contributed by atoms with Crippen molar-refractivity contribution in [3.8, 4) is 16.6 Å². The molecule has 9 heteroatoms. The fourth-order valence-electron chi connectivity index (χ4n) is 1.40. The number of nitrogens with zero attached hydrogens (tertiary/aromatic N) is 1. The molecule has 2 nitrogen and oxygen atoms in total. The summed E-state index contributed by atoms with van der Waals surface area (Å²) < 4.78 is 37.9. The molecule has 2 heterocycles. The first-order chi connectivity index (χ1) is 8.75. The normalized spacial score (nSPS) is 11.6. The Labute approximate surface area is 124 Å². The predicted molar refractivity (Wildman–Crippen MR) is 68.9 cm³/mol. The van der Waals surface area contributed by atoms with Crippen LogP contribution in [-0.4, -0.2) is 4.98 Å². The van der Waals surface area contributed by atoms with Gasteiger partial charge in [0.2, 0.25) is 0 Å². The highest BCUT2D eigenvalue weighted by Crippen LogP contribution is 2.47. The van der Waals surface area contributed by atoms with Gasteiger partial charge in [-0.25, -0.2) is 0 Å². The lowest BCUT2D eigenvalue weighted by molar-refractivity contribution is -0.140. The lowest BCUT2D eigenvalue weighted by Gasteiger charge is -2.02. The molecule has 2 aromatic heterocycles. The second kappa shape index (κ2) is 4.91. The Kier molecular flexibility index (Phi) is 3.76. The van der Waals surface area contributed by atoms with Crippen molar-refractivity contribution in [1.82, 2.24) is 4.98 Å². The van der Waals surface area contributed by atoms with E-state index in [9.17, 15) is 13.2 Å². The van der Waals surface area contributed by atoms with Gasteiger partial charge in [0.15, 0.2) is 0 Å². The fourth-order valence-corrected chi connectivity index (χ4v) is 3.23. The summed E-state index contributed by atoms with van der Waals surface area (Å²) in [7, 11) is 0. The van der Waals surface area contributed by atoms with Gasteiger partial charge >= 0.3 is 6.18 Å².